The van der Waals surface area contributed by atoms with Crippen LogP contribution in [0.15, 0.2) is 30.3 Å². The first-order valence-corrected chi connectivity index (χ1v) is 5.89. The maximum Gasteiger partial charge on any atom is 0.335 e. The predicted octanol–water partition coefficient (Wildman–Crippen LogP) is 1.35. The van der Waals surface area contributed by atoms with Gasteiger partial charge < -0.3 is 14.8 Å². The lowest BCUT2D eigenvalue weighted by molar-refractivity contribution is -0.156. The zero-order valence-corrected chi connectivity index (χ0v) is 9.93. The molecule has 1 saturated heterocycles. The molecule has 0 aliphatic carbocycles. The van der Waals surface area contributed by atoms with Gasteiger partial charge in [0.15, 0.2) is 12.7 Å². The second-order valence-electron chi connectivity index (χ2n) is 4.02. The second kappa shape index (κ2) is 6.16. The fourth-order valence-electron chi connectivity index (χ4n) is 1.71. The van der Waals surface area contributed by atoms with Crippen molar-refractivity contribution in [3.05, 3.63) is 30.3 Å². The lowest BCUT2D eigenvalue weighted by atomic mass is 10.2. The summed E-state index contributed by atoms with van der Waals surface area (Å²) in [7, 11) is 0. The van der Waals surface area contributed by atoms with Gasteiger partial charge in [0.1, 0.15) is 0 Å². The molecule has 5 heteroatoms. The van der Waals surface area contributed by atoms with E-state index >= 15 is 0 Å². The van der Waals surface area contributed by atoms with Gasteiger partial charge in [-0.2, -0.15) is 0 Å². The van der Waals surface area contributed by atoms with Crippen LogP contribution in [0.25, 0.3) is 0 Å². The van der Waals surface area contributed by atoms with Crippen LogP contribution in [-0.4, -0.2) is 31.2 Å². The van der Waals surface area contributed by atoms with Crippen LogP contribution < -0.4 is 5.32 Å². The summed E-state index contributed by atoms with van der Waals surface area (Å²) in [6.07, 6.45) is 1.02. The molecule has 0 saturated carbocycles. The third kappa shape index (κ3) is 3.56. The van der Waals surface area contributed by atoms with Crippen LogP contribution in [0.5, 0.6) is 0 Å². The Morgan fingerprint density at radius 2 is 2.11 bits per heavy atom. The van der Waals surface area contributed by atoms with Gasteiger partial charge in [0.2, 0.25) is 0 Å². The molecule has 1 aliphatic heterocycles. The molecular formula is C13H15NO4. The Bertz CT molecular complexity index is 412. The van der Waals surface area contributed by atoms with Crippen molar-refractivity contribution in [3.8, 4) is 0 Å². The molecule has 1 heterocycles. The predicted molar refractivity (Wildman–Crippen MR) is 65.0 cm³/mol. The maximum absolute atomic E-state index is 11.5. The van der Waals surface area contributed by atoms with Crippen LogP contribution in [0.2, 0.25) is 0 Å². The lowest BCUT2D eigenvalue weighted by Gasteiger charge is -2.09. The number of hydrogen-bond donors (Lipinski definition) is 1. The summed E-state index contributed by atoms with van der Waals surface area (Å²) in [5, 5.41) is 2.63. The summed E-state index contributed by atoms with van der Waals surface area (Å²) < 4.78 is 10.0. The summed E-state index contributed by atoms with van der Waals surface area (Å²) in [6, 6.07) is 9.01. The van der Waals surface area contributed by atoms with Crippen LogP contribution in [0, 0.1) is 0 Å². The van der Waals surface area contributed by atoms with Gasteiger partial charge in [-0.25, -0.2) is 4.79 Å². The molecule has 1 aromatic carbocycles. The molecule has 0 radical (unpaired) electrons. The van der Waals surface area contributed by atoms with E-state index in [0.717, 1.165) is 6.42 Å². The van der Waals surface area contributed by atoms with Crippen molar-refractivity contribution in [2.75, 3.05) is 18.5 Å². The molecule has 1 atom stereocenters. The van der Waals surface area contributed by atoms with Gasteiger partial charge in [-0.1, -0.05) is 18.2 Å². The highest BCUT2D eigenvalue weighted by Crippen LogP contribution is 2.13. The van der Waals surface area contributed by atoms with Gasteiger partial charge in [0.25, 0.3) is 5.91 Å². The van der Waals surface area contributed by atoms with Gasteiger partial charge in [-0.05, 0) is 25.0 Å². The van der Waals surface area contributed by atoms with Crippen molar-refractivity contribution in [1.29, 1.82) is 0 Å². The molecule has 2 rings (SSSR count). The summed E-state index contributed by atoms with van der Waals surface area (Å²) in [4.78, 5) is 23.0. The number of anilines is 1. The molecule has 1 aliphatic rings. The minimum atomic E-state index is -0.505. The monoisotopic (exact) mass is 249 g/mol. The fraction of sp³-hybridized carbons (Fsp3) is 0.385. The highest BCUT2D eigenvalue weighted by Gasteiger charge is 2.25. The first-order chi connectivity index (χ1) is 8.75. The third-order valence-corrected chi connectivity index (χ3v) is 2.60. The number of esters is 1. The molecule has 0 aromatic heterocycles. The van der Waals surface area contributed by atoms with Crippen LogP contribution in [0.4, 0.5) is 5.69 Å². The highest BCUT2D eigenvalue weighted by molar-refractivity contribution is 5.93. The number of amides is 1. The number of benzene rings is 1. The van der Waals surface area contributed by atoms with Crippen LogP contribution in [0.1, 0.15) is 12.8 Å². The number of para-hydroxylation sites is 1. The first-order valence-electron chi connectivity index (χ1n) is 5.89. The molecule has 1 N–H and O–H groups in total. The van der Waals surface area contributed by atoms with Crippen LogP contribution in [0.3, 0.4) is 0 Å². The molecule has 96 valence electrons. The smallest absolute Gasteiger partial charge is 0.335 e. The molecule has 5 nitrogen and oxygen atoms in total. The second-order valence-corrected chi connectivity index (χ2v) is 4.02. The molecular weight excluding hydrogens is 234 g/mol. The average molecular weight is 249 g/mol. The summed E-state index contributed by atoms with van der Waals surface area (Å²) >= 11 is 0. The molecule has 18 heavy (non-hydrogen) atoms. The number of rotatable bonds is 4. The van der Waals surface area contributed by atoms with Gasteiger partial charge in [0.05, 0.1) is 0 Å². The van der Waals surface area contributed by atoms with Gasteiger partial charge in [-0.3, -0.25) is 4.79 Å². The van der Waals surface area contributed by atoms with E-state index in [9.17, 15) is 9.59 Å². The van der Waals surface area contributed by atoms with Gasteiger partial charge in [0, 0.05) is 12.3 Å². The Labute approximate surface area is 105 Å². The minimum absolute atomic E-state index is 0.284. The number of nitrogens with one attached hydrogen (secondary N) is 1. The molecule has 1 amide bonds. The van der Waals surface area contributed by atoms with Gasteiger partial charge >= 0.3 is 5.97 Å². The van der Waals surface area contributed by atoms with E-state index in [4.69, 9.17) is 9.47 Å². The van der Waals surface area contributed by atoms with Crippen molar-refractivity contribution < 1.29 is 19.1 Å². The Balaban J connectivity index is 1.73. The van der Waals surface area contributed by atoms with Crippen molar-refractivity contribution in [1.82, 2.24) is 0 Å². The van der Waals surface area contributed by atoms with Crippen molar-refractivity contribution in [2.45, 2.75) is 18.9 Å². The van der Waals surface area contributed by atoms with Crippen molar-refractivity contribution in [2.24, 2.45) is 0 Å². The number of carbonyl (C=O) groups is 2. The minimum Gasteiger partial charge on any atom is -0.454 e. The van der Waals surface area contributed by atoms with Gasteiger partial charge in [-0.15, -0.1) is 0 Å². The Morgan fingerprint density at radius 1 is 1.33 bits per heavy atom. The van der Waals surface area contributed by atoms with Crippen molar-refractivity contribution >= 4 is 17.6 Å². The quantitative estimate of drug-likeness (QED) is 0.818. The van der Waals surface area contributed by atoms with E-state index in [1.807, 2.05) is 18.2 Å². The van der Waals surface area contributed by atoms with E-state index in [1.165, 1.54) is 0 Å². The molecule has 1 aromatic rings. The number of hydrogen-bond acceptors (Lipinski definition) is 4. The molecule has 1 unspecified atom stereocenters. The average Bonchev–Trinajstić information content (AvgIpc) is 2.91. The zero-order valence-electron chi connectivity index (χ0n) is 9.93. The topological polar surface area (TPSA) is 64.6 Å². The SMILES string of the molecule is O=C(COC(=O)C1CCCO1)Nc1ccccc1. The summed E-state index contributed by atoms with van der Waals surface area (Å²) in [6.45, 7) is 0.295. The Kier molecular flexibility index (Phi) is 4.30. The molecule has 1 fully saturated rings. The standard InChI is InChI=1S/C13H15NO4/c15-12(14-10-5-2-1-3-6-10)9-18-13(16)11-7-4-8-17-11/h1-3,5-6,11H,4,7-9H2,(H,14,15). The van der Waals surface area contributed by atoms with Crippen LogP contribution >= 0.6 is 0 Å². The van der Waals surface area contributed by atoms with E-state index in [2.05, 4.69) is 5.32 Å². The van der Waals surface area contributed by atoms with E-state index < -0.39 is 12.1 Å². The molecule has 0 spiro atoms. The van der Waals surface area contributed by atoms with Crippen LogP contribution in [-0.2, 0) is 19.1 Å². The Morgan fingerprint density at radius 3 is 2.78 bits per heavy atom. The van der Waals surface area contributed by atoms with E-state index in [0.29, 0.717) is 18.7 Å². The largest absolute Gasteiger partial charge is 0.454 e. The Hall–Kier alpha value is -1.88. The number of ether oxygens (including phenoxy) is 2. The fourth-order valence-corrected chi connectivity index (χ4v) is 1.71. The highest BCUT2D eigenvalue weighted by atomic mass is 16.6. The van der Waals surface area contributed by atoms with E-state index in [1.54, 1.807) is 12.1 Å². The number of carbonyl (C=O) groups excluding carboxylic acids is 2. The summed E-state index contributed by atoms with van der Waals surface area (Å²) in [5.41, 5.74) is 0.677. The lowest BCUT2D eigenvalue weighted by Crippen LogP contribution is -2.27. The van der Waals surface area contributed by atoms with Crippen molar-refractivity contribution in [3.63, 3.8) is 0 Å². The normalized spacial score (nSPS) is 18.3. The zero-order chi connectivity index (χ0) is 12.8. The van der Waals surface area contributed by atoms with E-state index in [-0.39, 0.29) is 12.5 Å². The first kappa shape index (κ1) is 12.6. The maximum atomic E-state index is 11.5. The molecule has 0 bridgehead atoms. The summed E-state index contributed by atoms with van der Waals surface area (Å²) in [5.74, 6) is -0.816. The third-order valence-electron chi connectivity index (χ3n) is 2.60.